The minimum atomic E-state index is -4.80. The Balaban J connectivity index is 0.00000370. The normalized spacial score (nSPS) is 40.4. The van der Waals surface area contributed by atoms with Gasteiger partial charge < -0.3 is 19.5 Å². The summed E-state index contributed by atoms with van der Waals surface area (Å²) >= 11 is 0. The Hall–Kier alpha value is -1.06. The van der Waals surface area contributed by atoms with Crippen LogP contribution in [0.1, 0.15) is 108 Å². The van der Waals surface area contributed by atoms with Gasteiger partial charge in [-0.25, -0.2) is 8.42 Å². The predicted octanol–water partition coefficient (Wildman–Crippen LogP) is 3.17. The molecule has 3 saturated carbocycles. The second kappa shape index (κ2) is 9.73. The molecule has 1 aromatic carbocycles. The van der Waals surface area contributed by atoms with Crippen molar-refractivity contribution in [2.24, 2.45) is 27.6 Å². The third-order valence-corrected chi connectivity index (χ3v) is 13.1. The average Bonchev–Trinajstić information content (AvgIpc) is 2.85. The van der Waals surface area contributed by atoms with Crippen molar-refractivity contribution in [2.75, 3.05) is 6.61 Å². The van der Waals surface area contributed by atoms with Gasteiger partial charge in [-0.1, -0.05) is 39.3 Å². The van der Waals surface area contributed by atoms with Gasteiger partial charge in [0.15, 0.2) is 11.5 Å². The number of hydrogen-bond donors (Lipinski definition) is 2. The summed E-state index contributed by atoms with van der Waals surface area (Å²) in [5, 5.41) is 19.6. The van der Waals surface area contributed by atoms with Crippen molar-refractivity contribution in [3.05, 3.63) is 34.4 Å². The van der Waals surface area contributed by atoms with Crippen LogP contribution in [-0.4, -0.2) is 35.8 Å². The number of hydrogen-bond acceptors (Lipinski definition) is 7. The first kappa shape index (κ1) is 31.9. The molecule has 0 heterocycles. The van der Waals surface area contributed by atoms with E-state index in [-0.39, 0.29) is 69.3 Å². The van der Waals surface area contributed by atoms with E-state index in [1.165, 1.54) is 6.07 Å². The van der Waals surface area contributed by atoms with E-state index in [1.54, 1.807) is 13.0 Å². The maximum Gasteiger partial charge on any atom is 1.00 e. The van der Waals surface area contributed by atoms with Gasteiger partial charge in [-0.2, -0.15) is 0 Å². The Morgan fingerprint density at radius 3 is 2.27 bits per heavy atom. The Bertz CT molecular complexity index is 1390. The van der Waals surface area contributed by atoms with E-state index in [0.717, 1.165) is 37.7 Å². The van der Waals surface area contributed by atoms with E-state index in [2.05, 4.69) is 27.7 Å². The first-order valence-corrected chi connectivity index (χ1v) is 15.8. The number of esters is 1. The number of allylic oxidation sites excluding steroid dienone is 1. The first-order chi connectivity index (χ1) is 17.9. The van der Waals surface area contributed by atoms with E-state index in [0.29, 0.717) is 30.6 Å². The van der Waals surface area contributed by atoms with E-state index >= 15 is 0 Å². The summed E-state index contributed by atoms with van der Waals surface area (Å²) in [5.74, 6) is -0.625. The maximum absolute atomic E-state index is 13.1. The maximum atomic E-state index is 13.1. The van der Waals surface area contributed by atoms with Crippen molar-refractivity contribution in [1.82, 2.24) is 0 Å². The number of phenolic OH excluding ortho intramolecular Hbond substituents is 2. The van der Waals surface area contributed by atoms with Gasteiger partial charge in [-0.3, -0.25) is 4.79 Å². The summed E-state index contributed by atoms with van der Waals surface area (Å²) in [6.07, 6.45) is 7.46. The van der Waals surface area contributed by atoms with Crippen LogP contribution in [0.5, 0.6) is 11.5 Å². The van der Waals surface area contributed by atoms with E-state index < -0.39 is 31.6 Å². The summed E-state index contributed by atoms with van der Waals surface area (Å²) < 4.78 is 43.7. The smallest absolute Gasteiger partial charge is 0.747 e. The zero-order chi connectivity index (χ0) is 29.0. The third kappa shape index (κ3) is 4.17. The molecule has 0 aromatic heterocycles. The molecule has 216 valence electrons. The first-order valence-electron chi connectivity index (χ1n) is 14.3. The molecule has 5 rings (SSSR count). The minimum Gasteiger partial charge on any atom is -0.747 e. The largest absolute Gasteiger partial charge is 1.00 e. The zero-order valence-corrected chi connectivity index (χ0v) is 28.1. The number of carbonyl (C=O) groups excluding carboxylic acids is 1. The molecule has 7 nitrogen and oxygen atoms in total. The van der Waals surface area contributed by atoms with Gasteiger partial charge in [0, 0.05) is 5.41 Å². The molecule has 4 aliphatic carbocycles. The Morgan fingerprint density at radius 1 is 1.05 bits per heavy atom. The number of rotatable bonds is 3. The molecule has 3 fully saturated rings. The molecule has 0 spiro atoms. The molecular formula is C31H43NaO7S. The Morgan fingerprint density at radius 2 is 1.68 bits per heavy atom. The summed E-state index contributed by atoms with van der Waals surface area (Å²) in [4.78, 5) is 13.1. The van der Waals surface area contributed by atoms with Crippen LogP contribution >= 0.6 is 0 Å². The molecular weight excluding hydrogens is 539 g/mol. The number of aromatic hydroxyl groups is 2. The Kier molecular flexibility index (Phi) is 7.75. The van der Waals surface area contributed by atoms with E-state index in [4.69, 9.17) is 4.74 Å². The van der Waals surface area contributed by atoms with Crippen LogP contribution < -0.4 is 29.6 Å². The molecule has 0 bridgehead atoms. The van der Waals surface area contributed by atoms with Gasteiger partial charge in [0.1, 0.15) is 10.1 Å². The van der Waals surface area contributed by atoms with Gasteiger partial charge >= 0.3 is 35.5 Å². The number of fused-ring (bicyclic) bond motifs is 7. The molecule has 0 amide bonds. The molecule has 4 aliphatic rings. The average molecular weight is 583 g/mol. The number of phenols is 2. The van der Waals surface area contributed by atoms with Gasteiger partial charge in [0.05, 0.1) is 17.3 Å². The standard InChI is InChI=1S/C31H44O7S.Na/c1-8-38-26(34)28(4)10-9-27(3)11-13-30(6)22-16-21(39(35,36)37)24-18(2)25(33)20(32)15-19(24)29(22,5)12-14-31(30,7)23(27)17-28;/h15-16,21,23,32-33H,8-14,17H2,1-7H3,(H,35,36,37);/q;+1/p-1/t21?,23-,27-,28-,29+,30-,31+;/m1./s1. The topological polar surface area (TPSA) is 124 Å². The van der Waals surface area contributed by atoms with E-state index in [1.807, 2.05) is 13.8 Å². The van der Waals surface area contributed by atoms with Gasteiger partial charge in [-0.15, -0.1) is 0 Å². The molecule has 0 radical (unpaired) electrons. The van der Waals surface area contributed by atoms with Crippen LogP contribution in [0.25, 0.3) is 0 Å². The van der Waals surface area contributed by atoms with E-state index in [9.17, 15) is 28.0 Å². The molecule has 2 N–H and O–H groups in total. The van der Waals surface area contributed by atoms with Crippen molar-refractivity contribution in [2.45, 2.75) is 104 Å². The van der Waals surface area contributed by atoms with Crippen molar-refractivity contribution >= 4 is 16.1 Å². The molecule has 0 saturated heterocycles. The van der Waals surface area contributed by atoms with Gasteiger partial charge in [-0.05, 0) is 111 Å². The molecule has 40 heavy (non-hydrogen) atoms. The molecule has 0 aliphatic heterocycles. The van der Waals surface area contributed by atoms with Crippen LogP contribution in [0.3, 0.4) is 0 Å². The number of carbonyl (C=O) groups is 1. The number of benzene rings is 1. The molecule has 7 atom stereocenters. The fraction of sp³-hybridized carbons (Fsp3) is 0.710. The van der Waals surface area contributed by atoms with Gasteiger partial charge in [0.25, 0.3) is 0 Å². The number of ether oxygens (including phenoxy) is 1. The van der Waals surface area contributed by atoms with Crippen molar-refractivity contribution in [3.8, 4) is 11.5 Å². The molecule has 9 heteroatoms. The molecule has 1 unspecified atom stereocenters. The summed E-state index contributed by atoms with van der Waals surface area (Å²) in [6, 6.07) is 1.47. The van der Waals surface area contributed by atoms with Crippen LogP contribution in [0.2, 0.25) is 0 Å². The van der Waals surface area contributed by atoms with Crippen LogP contribution in [-0.2, 0) is 25.1 Å². The fourth-order valence-corrected chi connectivity index (χ4v) is 10.3. The summed E-state index contributed by atoms with van der Waals surface area (Å²) in [7, 11) is -4.80. The monoisotopic (exact) mass is 582 g/mol. The second-order valence-corrected chi connectivity index (χ2v) is 15.6. The van der Waals surface area contributed by atoms with Crippen LogP contribution in [0, 0.1) is 34.5 Å². The Labute approximate surface area is 261 Å². The quantitative estimate of drug-likeness (QED) is 0.184. The van der Waals surface area contributed by atoms with Crippen LogP contribution in [0.15, 0.2) is 17.7 Å². The SMILES string of the molecule is CCOC(=O)[C@]1(C)CC[C@]2(C)CC[C@]3(C)C4=CC(S(=O)(=O)[O-])c5c(cc(O)c(O)c5C)[C@]4(C)CC[C@@]3(C)[C@@H]2C1.[Na+]. The second-order valence-electron chi connectivity index (χ2n) is 14.1. The summed E-state index contributed by atoms with van der Waals surface area (Å²) in [5.41, 5.74) is 0.284. The zero-order valence-electron chi connectivity index (χ0n) is 25.3. The summed E-state index contributed by atoms with van der Waals surface area (Å²) in [6.45, 7) is 14.7. The van der Waals surface area contributed by atoms with Crippen molar-refractivity contribution in [1.29, 1.82) is 0 Å². The third-order valence-electron chi connectivity index (χ3n) is 12.2. The van der Waals surface area contributed by atoms with Crippen molar-refractivity contribution < 1.29 is 62.3 Å². The predicted molar refractivity (Wildman–Crippen MR) is 147 cm³/mol. The van der Waals surface area contributed by atoms with Gasteiger partial charge in [0.2, 0.25) is 0 Å². The molecule has 1 aromatic rings. The van der Waals surface area contributed by atoms with Crippen LogP contribution in [0.4, 0.5) is 0 Å². The fourth-order valence-electron chi connectivity index (χ4n) is 9.41. The van der Waals surface area contributed by atoms with Crippen molar-refractivity contribution in [3.63, 3.8) is 0 Å². The minimum absolute atomic E-state index is 0.